The lowest BCUT2D eigenvalue weighted by Gasteiger charge is -2.22. The number of aromatic nitrogens is 1. The summed E-state index contributed by atoms with van der Waals surface area (Å²) in [4.78, 5) is 15.5. The fourth-order valence-corrected chi connectivity index (χ4v) is 5.26. The molecule has 0 bridgehead atoms. The third-order valence-corrected chi connectivity index (χ3v) is 7.15. The van der Waals surface area contributed by atoms with Crippen molar-refractivity contribution in [3.05, 3.63) is 51.5 Å². The Labute approximate surface area is 169 Å². The third-order valence-electron chi connectivity index (χ3n) is 5.56. The predicted molar refractivity (Wildman–Crippen MR) is 109 cm³/mol. The normalized spacial score (nSPS) is 23.4. The minimum Gasteiger partial charge on any atom is -0.477 e. The summed E-state index contributed by atoms with van der Waals surface area (Å²) in [5.74, 6) is -0.0363. The van der Waals surface area contributed by atoms with Gasteiger partial charge in [0.2, 0.25) is 0 Å². The summed E-state index contributed by atoms with van der Waals surface area (Å²) < 4.78 is 0. The number of hydrogen-bond acceptors (Lipinski definition) is 4. The lowest BCUT2D eigenvalue weighted by molar-refractivity contribution is 0.0702. The van der Waals surface area contributed by atoms with Crippen LogP contribution in [0.3, 0.4) is 0 Å². The van der Waals surface area contributed by atoms with E-state index in [4.69, 9.17) is 16.7 Å². The van der Waals surface area contributed by atoms with Gasteiger partial charge in [-0.1, -0.05) is 31.2 Å². The van der Waals surface area contributed by atoms with Crippen molar-refractivity contribution in [3.8, 4) is 0 Å². The first-order valence-electron chi connectivity index (χ1n) is 9.59. The molecule has 1 saturated carbocycles. The van der Waals surface area contributed by atoms with Crippen molar-refractivity contribution in [2.45, 2.75) is 62.8 Å². The van der Waals surface area contributed by atoms with Crippen LogP contribution in [0, 0.1) is 5.92 Å². The molecule has 4 nitrogen and oxygen atoms in total. The number of aromatic carboxylic acids is 1. The third kappa shape index (κ3) is 4.89. The van der Waals surface area contributed by atoms with E-state index in [1.54, 1.807) is 0 Å². The molecular weight excluding hydrogens is 382 g/mol. The van der Waals surface area contributed by atoms with Crippen LogP contribution in [0.4, 0.5) is 0 Å². The first-order chi connectivity index (χ1) is 13.0. The Morgan fingerprint density at radius 1 is 1.33 bits per heavy atom. The van der Waals surface area contributed by atoms with E-state index in [1.807, 2.05) is 19.1 Å². The second kappa shape index (κ2) is 9.18. The zero-order valence-electron chi connectivity index (χ0n) is 15.5. The highest BCUT2D eigenvalue weighted by Gasteiger charge is 2.35. The van der Waals surface area contributed by atoms with Gasteiger partial charge in [-0.3, -0.25) is 0 Å². The molecule has 1 aromatic heterocycles. The van der Waals surface area contributed by atoms with Gasteiger partial charge in [-0.15, -0.1) is 22.9 Å². The number of halogens is 1. The lowest BCUT2D eigenvalue weighted by atomic mass is 9.85. The van der Waals surface area contributed by atoms with Crippen LogP contribution in [0.2, 0.25) is 0 Å². The van der Waals surface area contributed by atoms with Crippen molar-refractivity contribution < 1.29 is 15.0 Å². The molecule has 1 aliphatic rings. The Bertz CT molecular complexity index is 761. The SMILES string of the molecule is CCC(O)c1ccc(C2CCC(Cl)C2CCCc2ncc(C(=O)O)s2)cc1. The molecule has 27 heavy (non-hydrogen) atoms. The zero-order chi connectivity index (χ0) is 19.4. The van der Waals surface area contributed by atoms with Crippen LogP contribution in [0.25, 0.3) is 0 Å². The van der Waals surface area contributed by atoms with Crippen LogP contribution < -0.4 is 0 Å². The standard InChI is InChI=1S/C21H26ClNO3S/c1-2-18(24)14-8-6-13(7-9-14)15-10-11-17(22)16(15)4-3-5-20-23-12-19(27-20)21(25)26/h6-9,12,15-18,24H,2-5,10-11H2,1H3,(H,25,26). The van der Waals surface area contributed by atoms with Crippen molar-refractivity contribution in [1.29, 1.82) is 0 Å². The Morgan fingerprint density at radius 3 is 2.70 bits per heavy atom. The van der Waals surface area contributed by atoms with Crippen molar-refractivity contribution in [2.75, 3.05) is 0 Å². The van der Waals surface area contributed by atoms with Gasteiger partial charge in [-0.25, -0.2) is 9.78 Å². The molecular formula is C21H26ClNO3S. The number of aryl methyl sites for hydroxylation is 1. The van der Waals surface area contributed by atoms with E-state index in [1.165, 1.54) is 23.1 Å². The molecule has 1 heterocycles. The minimum atomic E-state index is -0.910. The van der Waals surface area contributed by atoms with Crippen LogP contribution in [0.5, 0.6) is 0 Å². The smallest absolute Gasteiger partial charge is 0.347 e. The Balaban J connectivity index is 1.60. The molecule has 6 heteroatoms. The van der Waals surface area contributed by atoms with Gasteiger partial charge in [0, 0.05) is 5.38 Å². The first-order valence-corrected chi connectivity index (χ1v) is 10.8. The average molecular weight is 408 g/mol. The maximum absolute atomic E-state index is 11.0. The van der Waals surface area contributed by atoms with E-state index in [-0.39, 0.29) is 5.38 Å². The van der Waals surface area contributed by atoms with Gasteiger partial charge < -0.3 is 10.2 Å². The lowest BCUT2D eigenvalue weighted by Crippen LogP contribution is -2.14. The summed E-state index contributed by atoms with van der Waals surface area (Å²) in [6, 6.07) is 8.35. The number of carboxylic acids is 1. The Kier molecular flexibility index (Phi) is 6.90. The second-order valence-electron chi connectivity index (χ2n) is 7.27. The quantitative estimate of drug-likeness (QED) is 0.574. The number of hydrogen-bond donors (Lipinski definition) is 2. The van der Waals surface area contributed by atoms with Gasteiger partial charge in [-0.05, 0) is 61.5 Å². The average Bonchev–Trinajstić information content (AvgIpc) is 3.29. The molecule has 2 aromatic rings. The van der Waals surface area contributed by atoms with E-state index >= 15 is 0 Å². The van der Waals surface area contributed by atoms with Crippen LogP contribution in [-0.4, -0.2) is 26.5 Å². The summed E-state index contributed by atoms with van der Waals surface area (Å²) >= 11 is 7.88. The first kappa shape index (κ1) is 20.3. The van der Waals surface area contributed by atoms with Gasteiger partial charge in [0.15, 0.2) is 0 Å². The number of carboxylic acid groups (broad SMARTS) is 1. The van der Waals surface area contributed by atoms with Crippen LogP contribution >= 0.6 is 22.9 Å². The number of aliphatic hydroxyl groups excluding tert-OH is 1. The fraction of sp³-hybridized carbons (Fsp3) is 0.524. The summed E-state index contributed by atoms with van der Waals surface area (Å²) in [5.41, 5.74) is 2.27. The van der Waals surface area contributed by atoms with Gasteiger partial charge in [0.05, 0.1) is 17.3 Å². The van der Waals surface area contributed by atoms with Crippen LogP contribution in [0.15, 0.2) is 30.5 Å². The highest BCUT2D eigenvalue weighted by molar-refractivity contribution is 7.13. The summed E-state index contributed by atoms with van der Waals surface area (Å²) in [6.07, 6.45) is 6.65. The molecule has 4 atom stereocenters. The van der Waals surface area contributed by atoms with E-state index in [0.717, 1.165) is 49.1 Å². The van der Waals surface area contributed by atoms with Crippen molar-refractivity contribution in [1.82, 2.24) is 4.98 Å². The number of benzene rings is 1. The minimum absolute atomic E-state index is 0.182. The van der Waals surface area contributed by atoms with Crippen molar-refractivity contribution in [2.24, 2.45) is 5.92 Å². The molecule has 0 saturated heterocycles. The number of alkyl halides is 1. The molecule has 2 N–H and O–H groups in total. The zero-order valence-corrected chi connectivity index (χ0v) is 17.0. The Hall–Kier alpha value is -1.43. The largest absolute Gasteiger partial charge is 0.477 e. The van der Waals surface area contributed by atoms with E-state index in [2.05, 4.69) is 17.1 Å². The molecule has 146 valence electrons. The maximum atomic E-state index is 11.0. The summed E-state index contributed by atoms with van der Waals surface area (Å²) in [5, 5.41) is 20.0. The number of thiazole rings is 1. The van der Waals surface area contributed by atoms with Gasteiger partial charge in [-0.2, -0.15) is 0 Å². The number of rotatable bonds is 8. The van der Waals surface area contributed by atoms with Crippen LogP contribution in [-0.2, 0) is 6.42 Å². The van der Waals surface area contributed by atoms with Gasteiger partial charge in [0.25, 0.3) is 0 Å². The molecule has 1 aromatic carbocycles. The number of carbonyl (C=O) groups is 1. The molecule has 0 radical (unpaired) electrons. The Morgan fingerprint density at radius 2 is 2.07 bits per heavy atom. The molecule has 1 aliphatic carbocycles. The monoisotopic (exact) mass is 407 g/mol. The highest BCUT2D eigenvalue weighted by atomic mass is 35.5. The topological polar surface area (TPSA) is 70.4 Å². The molecule has 0 amide bonds. The van der Waals surface area contributed by atoms with E-state index in [9.17, 15) is 9.90 Å². The molecule has 1 fully saturated rings. The van der Waals surface area contributed by atoms with Gasteiger partial charge >= 0.3 is 5.97 Å². The van der Waals surface area contributed by atoms with Crippen molar-refractivity contribution in [3.63, 3.8) is 0 Å². The summed E-state index contributed by atoms with van der Waals surface area (Å²) in [7, 11) is 0. The van der Waals surface area contributed by atoms with E-state index in [0.29, 0.717) is 16.7 Å². The summed E-state index contributed by atoms with van der Waals surface area (Å²) in [6.45, 7) is 1.98. The van der Waals surface area contributed by atoms with Crippen molar-refractivity contribution >= 4 is 28.9 Å². The second-order valence-corrected chi connectivity index (χ2v) is 8.95. The molecule has 0 spiro atoms. The molecule has 4 unspecified atom stereocenters. The number of nitrogens with zero attached hydrogens (tertiary/aromatic N) is 1. The van der Waals surface area contributed by atoms with E-state index < -0.39 is 12.1 Å². The predicted octanol–water partition coefficient (Wildman–Crippen LogP) is 5.41. The van der Waals surface area contributed by atoms with Gasteiger partial charge in [0.1, 0.15) is 4.88 Å². The maximum Gasteiger partial charge on any atom is 0.347 e. The van der Waals surface area contributed by atoms with Crippen LogP contribution in [0.1, 0.15) is 76.9 Å². The molecule has 0 aliphatic heterocycles. The number of aliphatic hydroxyl groups is 1. The highest BCUT2D eigenvalue weighted by Crippen LogP contribution is 2.45. The molecule has 3 rings (SSSR count). The fourth-order valence-electron chi connectivity index (χ4n) is 4.03.